The van der Waals surface area contributed by atoms with Crippen molar-refractivity contribution in [3.63, 3.8) is 0 Å². The lowest BCUT2D eigenvalue weighted by atomic mass is 10.1. The molecule has 2 N–H and O–H groups in total. The average molecular weight is 534 g/mol. The van der Waals surface area contributed by atoms with Crippen molar-refractivity contribution in [3.05, 3.63) is 58.5 Å². The van der Waals surface area contributed by atoms with Crippen molar-refractivity contribution in [1.82, 2.24) is 10.6 Å². The zero-order valence-electron chi connectivity index (χ0n) is 14.8. The molecule has 0 amide bonds. The van der Waals surface area contributed by atoms with E-state index in [1.54, 1.807) is 13.3 Å². The third-order valence-electron chi connectivity index (χ3n) is 4.22. The molecule has 1 saturated carbocycles. The smallest absolute Gasteiger partial charge is 0.191 e. The number of furan rings is 1. The molecular formula is C19H25BrIN3O2. The lowest BCUT2D eigenvalue weighted by molar-refractivity contribution is 0.105. The summed E-state index contributed by atoms with van der Waals surface area (Å²) in [6, 6.07) is 12.8. The molecule has 142 valence electrons. The Morgan fingerprint density at radius 1 is 1.31 bits per heavy atom. The van der Waals surface area contributed by atoms with Gasteiger partial charge in [-0.1, -0.05) is 28.1 Å². The standard InChI is InChI=1S/C19H24BrN3O2.HI/c1-21-19(22-9-3-10-24-13-16-4-2-11-25-16)23-18-12-17(18)14-5-7-15(20)8-6-14;/h2,4-8,11,17-18H,3,9-10,12-13H2,1H3,(H2,21,22,23);1H. The quantitative estimate of drug-likeness (QED) is 0.230. The predicted molar refractivity (Wildman–Crippen MR) is 118 cm³/mol. The van der Waals surface area contributed by atoms with E-state index in [1.165, 1.54) is 5.56 Å². The number of guanidine groups is 1. The lowest BCUT2D eigenvalue weighted by Gasteiger charge is -2.12. The number of nitrogens with zero attached hydrogens (tertiary/aromatic N) is 1. The number of ether oxygens (including phenoxy) is 1. The van der Waals surface area contributed by atoms with Gasteiger partial charge in [-0.05, 0) is 42.7 Å². The number of hydrogen-bond donors (Lipinski definition) is 2. The van der Waals surface area contributed by atoms with Crippen LogP contribution in [0.5, 0.6) is 0 Å². The van der Waals surface area contributed by atoms with Gasteiger partial charge in [0.2, 0.25) is 0 Å². The van der Waals surface area contributed by atoms with Crippen LogP contribution < -0.4 is 10.6 Å². The van der Waals surface area contributed by atoms with Crippen LogP contribution in [0.15, 0.2) is 56.5 Å². The first-order valence-electron chi connectivity index (χ1n) is 8.59. The molecule has 1 aromatic heterocycles. The average Bonchev–Trinajstić information content (AvgIpc) is 3.19. The molecule has 2 aromatic rings. The Bertz CT molecular complexity index is 677. The first-order chi connectivity index (χ1) is 12.3. The van der Waals surface area contributed by atoms with Crippen LogP contribution in [-0.4, -0.2) is 32.2 Å². The lowest BCUT2D eigenvalue weighted by Crippen LogP contribution is -2.39. The molecule has 1 aliphatic carbocycles. The highest BCUT2D eigenvalue weighted by Crippen LogP contribution is 2.40. The summed E-state index contributed by atoms with van der Waals surface area (Å²) in [5.41, 5.74) is 1.38. The summed E-state index contributed by atoms with van der Waals surface area (Å²) in [7, 11) is 1.81. The van der Waals surface area contributed by atoms with E-state index in [4.69, 9.17) is 9.15 Å². The van der Waals surface area contributed by atoms with Crippen molar-refractivity contribution >= 4 is 45.9 Å². The molecule has 0 spiro atoms. The fourth-order valence-corrected chi connectivity index (χ4v) is 3.02. The molecule has 0 saturated heterocycles. The number of aliphatic imine (C=N–C) groups is 1. The molecule has 0 radical (unpaired) electrons. The minimum atomic E-state index is 0. The Morgan fingerprint density at radius 3 is 2.81 bits per heavy atom. The van der Waals surface area contributed by atoms with Gasteiger partial charge in [0.25, 0.3) is 0 Å². The number of rotatable bonds is 8. The van der Waals surface area contributed by atoms with Gasteiger partial charge in [0.05, 0.1) is 6.26 Å². The van der Waals surface area contributed by atoms with Crippen molar-refractivity contribution in [2.75, 3.05) is 20.2 Å². The van der Waals surface area contributed by atoms with E-state index in [2.05, 4.69) is 55.8 Å². The Morgan fingerprint density at radius 2 is 2.12 bits per heavy atom. The molecule has 26 heavy (non-hydrogen) atoms. The zero-order valence-corrected chi connectivity index (χ0v) is 18.7. The fraction of sp³-hybridized carbons (Fsp3) is 0.421. The molecule has 0 aliphatic heterocycles. The molecule has 2 atom stereocenters. The second kappa shape index (κ2) is 10.9. The van der Waals surface area contributed by atoms with Crippen LogP contribution in [0, 0.1) is 0 Å². The molecule has 0 bridgehead atoms. The number of halogens is 2. The molecule has 3 rings (SSSR count). The van der Waals surface area contributed by atoms with E-state index in [1.807, 2.05) is 12.1 Å². The molecular weight excluding hydrogens is 509 g/mol. The SMILES string of the molecule is CN=C(NCCCOCc1ccco1)NC1CC1c1ccc(Br)cc1.I. The summed E-state index contributed by atoms with van der Waals surface area (Å²) >= 11 is 3.48. The molecule has 1 aromatic carbocycles. The Labute approximate surface area is 180 Å². The van der Waals surface area contributed by atoms with Crippen LogP contribution in [0.1, 0.15) is 30.1 Å². The van der Waals surface area contributed by atoms with Gasteiger partial charge in [-0.15, -0.1) is 24.0 Å². The van der Waals surface area contributed by atoms with Crippen LogP contribution in [0.4, 0.5) is 0 Å². The van der Waals surface area contributed by atoms with Crippen LogP contribution >= 0.6 is 39.9 Å². The predicted octanol–water partition coefficient (Wildman–Crippen LogP) is 4.29. The molecule has 7 heteroatoms. The Hall–Kier alpha value is -1.06. The minimum absolute atomic E-state index is 0. The minimum Gasteiger partial charge on any atom is -0.467 e. The van der Waals surface area contributed by atoms with Gasteiger partial charge in [-0.2, -0.15) is 0 Å². The van der Waals surface area contributed by atoms with Crippen LogP contribution in [0.3, 0.4) is 0 Å². The highest BCUT2D eigenvalue weighted by molar-refractivity contribution is 14.0. The Balaban J connectivity index is 0.00000243. The summed E-state index contributed by atoms with van der Waals surface area (Å²) in [6.07, 6.45) is 3.73. The zero-order chi connectivity index (χ0) is 17.5. The molecule has 1 heterocycles. The van der Waals surface area contributed by atoms with Gasteiger partial charge in [-0.25, -0.2) is 0 Å². The summed E-state index contributed by atoms with van der Waals surface area (Å²) in [5.74, 6) is 2.29. The topological polar surface area (TPSA) is 58.8 Å². The van der Waals surface area contributed by atoms with E-state index in [-0.39, 0.29) is 24.0 Å². The Kier molecular flexibility index (Phi) is 8.94. The third kappa shape index (κ3) is 6.59. The maximum Gasteiger partial charge on any atom is 0.191 e. The van der Waals surface area contributed by atoms with E-state index >= 15 is 0 Å². The second-order valence-corrected chi connectivity index (χ2v) is 7.04. The van der Waals surface area contributed by atoms with Crippen molar-refractivity contribution in [1.29, 1.82) is 0 Å². The van der Waals surface area contributed by atoms with Crippen molar-refractivity contribution < 1.29 is 9.15 Å². The first-order valence-corrected chi connectivity index (χ1v) is 9.38. The highest BCUT2D eigenvalue weighted by atomic mass is 127. The monoisotopic (exact) mass is 533 g/mol. The van der Waals surface area contributed by atoms with Crippen LogP contribution in [0.25, 0.3) is 0 Å². The van der Waals surface area contributed by atoms with Crippen molar-refractivity contribution in [2.24, 2.45) is 4.99 Å². The fourth-order valence-electron chi connectivity index (χ4n) is 2.75. The number of hydrogen-bond acceptors (Lipinski definition) is 3. The van der Waals surface area contributed by atoms with Gasteiger partial charge in [0.15, 0.2) is 5.96 Å². The van der Waals surface area contributed by atoms with E-state index in [0.29, 0.717) is 25.2 Å². The first kappa shape index (κ1) is 21.2. The van der Waals surface area contributed by atoms with E-state index < -0.39 is 0 Å². The number of nitrogens with one attached hydrogen (secondary N) is 2. The maximum absolute atomic E-state index is 5.57. The summed E-state index contributed by atoms with van der Waals surface area (Å²) in [5, 5.41) is 6.83. The summed E-state index contributed by atoms with van der Waals surface area (Å²) < 4.78 is 11.9. The largest absolute Gasteiger partial charge is 0.467 e. The van der Waals surface area contributed by atoms with Crippen LogP contribution in [0.2, 0.25) is 0 Å². The molecule has 5 nitrogen and oxygen atoms in total. The van der Waals surface area contributed by atoms with E-state index in [0.717, 1.165) is 35.6 Å². The van der Waals surface area contributed by atoms with E-state index in [9.17, 15) is 0 Å². The second-order valence-electron chi connectivity index (χ2n) is 6.13. The van der Waals surface area contributed by atoms with Gasteiger partial charge >= 0.3 is 0 Å². The van der Waals surface area contributed by atoms with Crippen molar-refractivity contribution in [3.8, 4) is 0 Å². The number of benzene rings is 1. The summed E-state index contributed by atoms with van der Waals surface area (Å²) in [6.45, 7) is 2.04. The van der Waals surface area contributed by atoms with Gasteiger partial charge < -0.3 is 19.8 Å². The normalized spacial score (nSPS) is 18.9. The maximum atomic E-state index is 5.57. The van der Waals surface area contributed by atoms with Gasteiger partial charge in [-0.3, -0.25) is 4.99 Å². The van der Waals surface area contributed by atoms with Crippen LogP contribution in [-0.2, 0) is 11.3 Å². The molecule has 1 fully saturated rings. The molecule has 1 aliphatic rings. The summed E-state index contributed by atoms with van der Waals surface area (Å²) in [4.78, 5) is 4.30. The third-order valence-corrected chi connectivity index (χ3v) is 4.75. The van der Waals surface area contributed by atoms with Gasteiger partial charge in [0.1, 0.15) is 12.4 Å². The van der Waals surface area contributed by atoms with Gasteiger partial charge in [0, 0.05) is 36.6 Å². The van der Waals surface area contributed by atoms with Crippen molar-refractivity contribution in [2.45, 2.75) is 31.4 Å². The highest BCUT2D eigenvalue weighted by Gasteiger charge is 2.38. The molecule has 2 unspecified atom stereocenters.